The number of esters is 4. The Morgan fingerprint density at radius 2 is 0.491 bits per heavy atom. The van der Waals surface area contributed by atoms with Gasteiger partial charge in [-0.25, -0.2) is 9.13 Å². The highest BCUT2D eigenvalue weighted by Gasteiger charge is 2.30. The molecule has 0 amide bonds. The quantitative estimate of drug-likeness (QED) is 0.0169. The van der Waals surface area contributed by atoms with Gasteiger partial charge in [0, 0.05) is 25.7 Å². The first kappa shape index (κ1) is 104. The molecule has 0 aromatic heterocycles. The molecular formula is C91H148O17P2. The lowest BCUT2D eigenvalue weighted by Crippen LogP contribution is -2.30. The van der Waals surface area contributed by atoms with Crippen LogP contribution in [-0.2, 0) is 65.4 Å². The first-order valence-corrected chi connectivity index (χ1v) is 45.0. The Hall–Kier alpha value is -5.84. The maximum atomic E-state index is 13.1. The molecule has 0 aromatic carbocycles. The number of aliphatic hydroxyl groups excluding tert-OH is 1. The van der Waals surface area contributed by atoms with Crippen LogP contribution in [0.3, 0.4) is 0 Å². The smallest absolute Gasteiger partial charge is 0.462 e. The molecule has 0 spiro atoms. The van der Waals surface area contributed by atoms with E-state index in [0.717, 1.165) is 128 Å². The summed E-state index contributed by atoms with van der Waals surface area (Å²) in [5.41, 5.74) is 0. The Kier molecular flexibility index (Phi) is 76.9. The molecule has 0 aromatic rings. The summed E-state index contributed by atoms with van der Waals surface area (Å²) in [6.07, 6.45) is 98.9. The fraction of sp³-hybridized carbons (Fsp3) is 0.626. The number of rotatable bonds is 77. The standard InChI is InChI=1S/C91H148O17P2/c1-5-9-13-17-21-25-29-33-36-39-42-45-48-52-55-59-63-67-71-75-88(93)101-81-86(107-90(95)77-73-69-65-61-57-51-32-28-24-20-16-12-8-4)83-105-109(97,98)103-79-85(92)80-104-110(99,100)106-84-87(108-91(96)78-74-70-66-62-58-54-50-47-44-41-38-35-31-27-23-19-15-11-7-3)82-102-89(94)76-72-68-64-60-56-53-49-46-43-40-37-34-30-26-22-18-14-10-6-2/h11,15,21-23,25-27,33-38,42-47,52-56,58,63-64,67-68,85-87,92H,5-10,12-14,16-20,24,28-32,39-41,48-51,57,59-62,65-66,69-84H2,1-4H3,(H,97,98)(H,99,100)/b15-11-,25-21-,26-22-,27-23-,36-33-,37-34-,38-35-,45-42-,46-43-,47-44-,55-52-,56-53-,58-54-,67-63-,68-64-/t85-,86+,87+/m0/s1. The van der Waals surface area contributed by atoms with Gasteiger partial charge < -0.3 is 33.8 Å². The minimum Gasteiger partial charge on any atom is -0.462 e. The zero-order valence-electron chi connectivity index (χ0n) is 68.4. The summed E-state index contributed by atoms with van der Waals surface area (Å²) in [4.78, 5) is 73.1. The second-order valence-corrected chi connectivity index (χ2v) is 30.2. The highest BCUT2D eigenvalue weighted by Crippen LogP contribution is 2.45. The average Bonchev–Trinajstić information content (AvgIpc) is 0.910. The molecule has 0 heterocycles. The largest absolute Gasteiger partial charge is 0.472 e. The summed E-state index contributed by atoms with van der Waals surface area (Å²) in [6, 6.07) is 0. The van der Waals surface area contributed by atoms with Gasteiger partial charge >= 0.3 is 39.5 Å². The van der Waals surface area contributed by atoms with Gasteiger partial charge in [-0.2, -0.15) is 0 Å². The van der Waals surface area contributed by atoms with Crippen LogP contribution >= 0.6 is 15.6 Å². The average molecular weight is 1580 g/mol. The van der Waals surface area contributed by atoms with Crippen molar-refractivity contribution in [3.63, 3.8) is 0 Å². The summed E-state index contributed by atoms with van der Waals surface area (Å²) >= 11 is 0. The van der Waals surface area contributed by atoms with Crippen LogP contribution in [0.5, 0.6) is 0 Å². The SMILES string of the molecule is CC/C=C\C/C=C\C/C=C\C/C=C\C/C=C\CCCCCC(=O)O[C@H](COC(=O)CC/C=C\C/C=C\C/C=C\C/C=C\C/C=C\CCCCC)COP(=O)(O)OC[C@@H](O)COP(=O)(O)OC[C@@H](COC(=O)CC/C=C\C/C=C\C/C=C\C/C=C\C/C=C\CCCCC)OC(=O)CCCCCCCCCCCCCCC. The molecule has 5 atom stereocenters. The van der Waals surface area contributed by atoms with E-state index in [1.54, 1.807) is 0 Å². The van der Waals surface area contributed by atoms with Crippen molar-refractivity contribution < 1.29 is 80.2 Å². The van der Waals surface area contributed by atoms with Crippen molar-refractivity contribution in [1.29, 1.82) is 0 Å². The van der Waals surface area contributed by atoms with Crippen LogP contribution in [0.2, 0.25) is 0 Å². The number of unbranched alkanes of at least 4 members (excludes halogenated alkanes) is 21. The minimum atomic E-state index is -5.02. The second-order valence-electron chi connectivity index (χ2n) is 27.3. The van der Waals surface area contributed by atoms with Crippen LogP contribution in [0, 0.1) is 0 Å². The van der Waals surface area contributed by atoms with Gasteiger partial charge in [0.25, 0.3) is 0 Å². The molecule has 624 valence electrons. The Morgan fingerprint density at radius 1 is 0.264 bits per heavy atom. The van der Waals surface area contributed by atoms with Crippen molar-refractivity contribution in [2.45, 2.75) is 329 Å². The highest BCUT2D eigenvalue weighted by molar-refractivity contribution is 7.47. The van der Waals surface area contributed by atoms with Crippen molar-refractivity contribution in [1.82, 2.24) is 0 Å². The van der Waals surface area contributed by atoms with E-state index in [2.05, 4.69) is 180 Å². The van der Waals surface area contributed by atoms with Crippen molar-refractivity contribution in [2.75, 3.05) is 39.6 Å². The second kappa shape index (κ2) is 81.2. The van der Waals surface area contributed by atoms with E-state index in [4.69, 9.17) is 37.0 Å². The first-order valence-electron chi connectivity index (χ1n) is 42.0. The first-order chi connectivity index (χ1) is 53.7. The minimum absolute atomic E-state index is 0.0223. The summed E-state index contributed by atoms with van der Waals surface area (Å²) in [5.74, 6) is -2.41. The molecule has 0 radical (unpaired) electrons. The Balaban J connectivity index is 5.54. The molecule has 0 aliphatic carbocycles. The number of phosphoric acid groups is 2. The van der Waals surface area contributed by atoms with Crippen LogP contribution in [-0.4, -0.2) is 96.7 Å². The Morgan fingerprint density at radius 3 is 0.782 bits per heavy atom. The Labute approximate surface area is 666 Å². The number of carbonyl (C=O) groups is 4. The molecule has 0 aliphatic rings. The Bertz CT molecular complexity index is 2800. The summed E-state index contributed by atoms with van der Waals surface area (Å²) in [7, 11) is -10.0. The number of hydrogen-bond acceptors (Lipinski definition) is 15. The summed E-state index contributed by atoms with van der Waals surface area (Å²) in [5, 5.41) is 10.7. The molecule has 0 rings (SSSR count). The van der Waals surface area contributed by atoms with Crippen LogP contribution < -0.4 is 0 Å². The van der Waals surface area contributed by atoms with Gasteiger partial charge in [-0.3, -0.25) is 37.3 Å². The number of carbonyl (C=O) groups excluding carboxylic acids is 4. The molecule has 0 saturated carbocycles. The number of ether oxygens (including phenoxy) is 4. The maximum Gasteiger partial charge on any atom is 0.472 e. The third kappa shape index (κ3) is 80.2. The highest BCUT2D eigenvalue weighted by atomic mass is 31.2. The van der Waals surface area contributed by atoms with E-state index in [1.807, 2.05) is 30.4 Å². The van der Waals surface area contributed by atoms with E-state index >= 15 is 0 Å². The predicted octanol–water partition coefficient (Wildman–Crippen LogP) is 25.1. The van der Waals surface area contributed by atoms with E-state index < -0.39 is 97.5 Å². The van der Waals surface area contributed by atoms with Gasteiger partial charge in [0.2, 0.25) is 0 Å². The lowest BCUT2D eigenvalue weighted by molar-refractivity contribution is -0.161. The zero-order chi connectivity index (χ0) is 80.3. The molecule has 0 fully saturated rings. The van der Waals surface area contributed by atoms with Crippen molar-refractivity contribution >= 4 is 39.5 Å². The van der Waals surface area contributed by atoms with Crippen LogP contribution in [0.15, 0.2) is 182 Å². The third-order valence-corrected chi connectivity index (χ3v) is 18.8. The molecule has 0 bridgehead atoms. The molecule has 17 nitrogen and oxygen atoms in total. The van der Waals surface area contributed by atoms with E-state index in [9.17, 15) is 43.2 Å². The molecule has 110 heavy (non-hydrogen) atoms. The van der Waals surface area contributed by atoms with Crippen molar-refractivity contribution in [2.24, 2.45) is 0 Å². The van der Waals surface area contributed by atoms with Crippen LogP contribution in [0.4, 0.5) is 0 Å². The molecule has 3 N–H and O–H groups in total. The van der Waals surface area contributed by atoms with Gasteiger partial charge in [-0.05, 0) is 148 Å². The van der Waals surface area contributed by atoms with E-state index in [0.29, 0.717) is 38.5 Å². The topological polar surface area (TPSA) is 237 Å². The predicted molar refractivity (Wildman–Crippen MR) is 454 cm³/mol. The third-order valence-electron chi connectivity index (χ3n) is 16.9. The summed E-state index contributed by atoms with van der Waals surface area (Å²) < 4.78 is 68.5. The fourth-order valence-corrected chi connectivity index (χ4v) is 12.1. The molecule has 19 heteroatoms. The van der Waals surface area contributed by atoms with Gasteiger partial charge in [0.15, 0.2) is 12.2 Å². The lowest BCUT2D eigenvalue weighted by Gasteiger charge is -2.21. The van der Waals surface area contributed by atoms with E-state index in [-0.39, 0.29) is 25.7 Å². The van der Waals surface area contributed by atoms with Gasteiger partial charge in [0.1, 0.15) is 19.3 Å². The fourth-order valence-electron chi connectivity index (χ4n) is 10.5. The van der Waals surface area contributed by atoms with Crippen LogP contribution in [0.25, 0.3) is 0 Å². The summed E-state index contributed by atoms with van der Waals surface area (Å²) in [6.45, 7) is 4.50. The normalized spacial score (nSPS) is 14.7. The monoisotopic (exact) mass is 1580 g/mol. The molecule has 0 aliphatic heterocycles. The number of aliphatic hydroxyl groups is 1. The van der Waals surface area contributed by atoms with Crippen molar-refractivity contribution in [3.8, 4) is 0 Å². The maximum absolute atomic E-state index is 13.1. The number of hydrogen-bond donors (Lipinski definition) is 3. The lowest BCUT2D eigenvalue weighted by atomic mass is 10.0. The van der Waals surface area contributed by atoms with Crippen molar-refractivity contribution in [3.05, 3.63) is 182 Å². The zero-order valence-corrected chi connectivity index (χ0v) is 70.1. The van der Waals surface area contributed by atoms with Gasteiger partial charge in [0.05, 0.1) is 26.4 Å². The van der Waals surface area contributed by atoms with Gasteiger partial charge in [-0.1, -0.05) is 319 Å². The molecule has 0 saturated heterocycles. The van der Waals surface area contributed by atoms with Gasteiger partial charge in [-0.15, -0.1) is 0 Å². The van der Waals surface area contributed by atoms with E-state index in [1.165, 1.54) is 89.9 Å². The molecule has 2 unspecified atom stereocenters. The van der Waals surface area contributed by atoms with Crippen LogP contribution in [0.1, 0.15) is 310 Å². The number of allylic oxidation sites excluding steroid dienone is 30. The number of phosphoric ester groups is 2. The molecular weight excluding hydrogens is 1430 g/mol.